The molecule has 106 valence electrons. The van der Waals surface area contributed by atoms with Crippen LogP contribution in [0.15, 0.2) is 40.8 Å². The number of carboxylic acid groups (broad SMARTS) is 1. The number of rotatable bonds is 5. The minimum absolute atomic E-state index is 0.0483. The summed E-state index contributed by atoms with van der Waals surface area (Å²) in [7, 11) is 0. The van der Waals surface area contributed by atoms with Gasteiger partial charge in [0.1, 0.15) is 5.76 Å². The summed E-state index contributed by atoms with van der Waals surface area (Å²) in [5.41, 5.74) is 1.10. The summed E-state index contributed by atoms with van der Waals surface area (Å²) in [5, 5.41) is 12.9. The van der Waals surface area contributed by atoms with E-state index in [-0.39, 0.29) is 17.8 Å². The van der Waals surface area contributed by atoms with Gasteiger partial charge in [0.2, 0.25) is 5.76 Å². The summed E-state index contributed by atoms with van der Waals surface area (Å²) in [6.07, 6.45) is 0. The molecule has 0 amide bonds. The number of carboxylic acids is 1. The van der Waals surface area contributed by atoms with Gasteiger partial charge in [0, 0.05) is 11.1 Å². The van der Waals surface area contributed by atoms with E-state index in [1.54, 1.807) is 6.07 Å². The molecule has 2 rings (SSSR count). The fourth-order valence-corrected chi connectivity index (χ4v) is 2.13. The number of benzene rings is 1. The number of carbonyl (C=O) groups is 1. The van der Waals surface area contributed by atoms with Crippen molar-refractivity contribution in [1.29, 1.82) is 0 Å². The minimum atomic E-state index is -1.06. The van der Waals surface area contributed by atoms with Crippen LogP contribution in [-0.2, 0) is 0 Å². The van der Waals surface area contributed by atoms with Crippen LogP contribution in [0.1, 0.15) is 47.8 Å². The van der Waals surface area contributed by atoms with E-state index in [0.717, 1.165) is 5.56 Å². The maximum absolute atomic E-state index is 10.8. The number of hydrogen-bond donors (Lipinski definition) is 2. The van der Waals surface area contributed by atoms with Crippen molar-refractivity contribution in [3.63, 3.8) is 0 Å². The lowest BCUT2D eigenvalue weighted by Gasteiger charge is -2.19. The van der Waals surface area contributed by atoms with Crippen LogP contribution < -0.4 is 5.32 Å². The first-order chi connectivity index (χ1) is 9.47. The molecule has 0 radical (unpaired) electrons. The molecule has 1 aromatic heterocycles. The zero-order chi connectivity index (χ0) is 14.7. The van der Waals surface area contributed by atoms with Crippen LogP contribution in [0.3, 0.4) is 0 Å². The molecular weight excluding hydrogens is 278 g/mol. The third-order valence-corrected chi connectivity index (χ3v) is 3.39. The first-order valence-electron chi connectivity index (χ1n) is 6.32. The molecule has 0 fully saturated rings. The van der Waals surface area contributed by atoms with Crippen molar-refractivity contribution in [2.75, 3.05) is 0 Å². The molecule has 4 nitrogen and oxygen atoms in total. The molecule has 2 atom stereocenters. The molecule has 0 saturated heterocycles. The van der Waals surface area contributed by atoms with E-state index in [1.165, 1.54) is 6.07 Å². The molecule has 0 aliphatic heterocycles. The predicted octanol–water partition coefficient (Wildman–Crippen LogP) is 4.04. The smallest absolute Gasteiger partial charge is 0.371 e. The molecule has 1 heterocycles. The molecular formula is C15H16ClNO3. The SMILES string of the molecule is CC(N[C@@H](C)c1ccc(Cl)cc1)c1ccc(C(=O)O)o1. The minimum Gasteiger partial charge on any atom is -0.475 e. The summed E-state index contributed by atoms with van der Waals surface area (Å²) in [6, 6.07) is 10.7. The first-order valence-corrected chi connectivity index (χ1v) is 6.69. The molecule has 0 saturated carbocycles. The maximum Gasteiger partial charge on any atom is 0.371 e. The van der Waals surface area contributed by atoms with Crippen molar-refractivity contribution in [2.45, 2.75) is 25.9 Å². The van der Waals surface area contributed by atoms with Crippen molar-refractivity contribution < 1.29 is 14.3 Å². The van der Waals surface area contributed by atoms with Gasteiger partial charge in [-0.25, -0.2) is 4.79 Å². The van der Waals surface area contributed by atoms with Crippen LogP contribution >= 0.6 is 11.6 Å². The fraction of sp³-hybridized carbons (Fsp3) is 0.267. The highest BCUT2D eigenvalue weighted by Gasteiger charge is 2.16. The van der Waals surface area contributed by atoms with Crippen molar-refractivity contribution >= 4 is 17.6 Å². The highest BCUT2D eigenvalue weighted by molar-refractivity contribution is 6.30. The van der Waals surface area contributed by atoms with Gasteiger partial charge in [-0.3, -0.25) is 0 Å². The lowest BCUT2D eigenvalue weighted by molar-refractivity contribution is 0.0659. The first kappa shape index (κ1) is 14.6. The van der Waals surface area contributed by atoms with Crippen LogP contribution in [0.5, 0.6) is 0 Å². The highest BCUT2D eigenvalue weighted by Crippen LogP contribution is 2.22. The average Bonchev–Trinajstić information content (AvgIpc) is 2.89. The van der Waals surface area contributed by atoms with E-state index in [1.807, 2.05) is 38.1 Å². The van der Waals surface area contributed by atoms with E-state index in [2.05, 4.69) is 5.32 Å². The standard InChI is InChI=1S/C15H16ClNO3/c1-9(11-3-5-12(16)6-4-11)17-10(2)13-7-8-14(20-13)15(18)19/h3-10,17H,1-2H3,(H,18,19)/t9-,10?/m0/s1. The fourth-order valence-electron chi connectivity index (χ4n) is 2.01. The molecule has 1 unspecified atom stereocenters. The van der Waals surface area contributed by atoms with Gasteiger partial charge in [-0.15, -0.1) is 0 Å². The Balaban J connectivity index is 2.04. The van der Waals surface area contributed by atoms with Gasteiger partial charge in [-0.1, -0.05) is 23.7 Å². The van der Waals surface area contributed by atoms with Gasteiger partial charge in [0.25, 0.3) is 0 Å². The summed E-state index contributed by atoms with van der Waals surface area (Å²) in [4.78, 5) is 10.8. The van der Waals surface area contributed by atoms with E-state index < -0.39 is 5.97 Å². The molecule has 0 spiro atoms. The largest absolute Gasteiger partial charge is 0.475 e. The third kappa shape index (κ3) is 3.40. The normalized spacial score (nSPS) is 13.9. The average molecular weight is 294 g/mol. The van der Waals surface area contributed by atoms with Gasteiger partial charge < -0.3 is 14.8 Å². The van der Waals surface area contributed by atoms with Crippen LogP contribution in [0.25, 0.3) is 0 Å². The summed E-state index contributed by atoms with van der Waals surface area (Å²) in [5.74, 6) is -0.509. The van der Waals surface area contributed by atoms with E-state index in [9.17, 15) is 4.79 Å². The Bertz CT molecular complexity index is 591. The molecule has 0 bridgehead atoms. The van der Waals surface area contributed by atoms with Gasteiger partial charge >= 0.3 is 5.97 Å². The Labute approximate surface area is 122 Å². The van der Waals surface area contributed by atoms with Crippen molar-refractivity contribution in [3.8, 4) is 0 Å². The number of nitrogens with one attached hydrogen (secondary N) is 1. The summed E-state index contributed by atoms with van der Waals surface area (Å²) in [6.45, 7) is 3.96. The summed E-state index contributed by atoms with van der Waals surface area (Å²) < 4.78 is 5.28. The lowest BCUT2D eigenvalue weighted by Crippen LogP contribution is -2.22. The number of aromatic carboxylic acids is 1. The monoisotopic (exact) mass is 293 g/mol. The molecule has 2 aromatic rings. The lowest BCUT2D eigenvalue weighted by atomic mass is 10.1. The molecule has 0 aliphatic carbocycles. The second-order valence-electron chi connectivity index (χ2n) is 4.67. The van der Waals surface area contributed by atoms with E-state index >= 15 is 0 Å². The van der Waals surface area contributed by atoms with Crippen LogP contribution in [0, 0.1) is 0 Å². The molecule has 20 heavy (non-hydrogen) atoms. The van der Waals surface area contributed by atoms with Gasteiger partial charge in [0.05, 0.1) is 6.04 Å². The Morgan fingerprint density at radius 3 is 2.35 bits per heavy atom. The third-order valence-electron chi connectivity index (χ3n) is 3.13. The number of halogens is 1. The van der Waals surface area contributed by atoms with Crippen molar-refractivity contribution in [1.82, 2.24) is 5.32 Å². The summed E-state index contributed by atoms with van der Waals surface area (Å²) >= 11 is 5.86. The molecule has 0 aliphatic rings. The van der Waals surface area contributed by atoms with Crippen molar-refractivity contribution in [2.24, 2.45) is 0 Å². The molecule has 2 N–H and O–H groups in total. The van der Waals surface area contributed by atoms with E-state index in [4.69, 9.17) is 21.1 Å². The second kappa shape index (κ2) is 6.11. The van der Waals surface area contributed by atoms with Crippen LogP contribution in [0.2, 0.25) is 5.02 Å². The maximum atomic E-state index is 10.8. The van der Waals surface area contributed by atoms with Crippen LogP contribution in [-0.4, -0.2) is 11.1 Å². The second-order valence-corrected chi connectivity index (χ2v) is 5.11. The zero-order valence-corrected chi connectivity index (χ0v) is 12.0. The van der Waals surface area contributed by atoms with Crippen LogP contribution in [0.4, 0.5) is 0 Å². The Kier molecular flexibility index (Phi) is 4.47. The Morgan fingerprint density at radius 1 is 1.15 bits per heavy atom. The Hall–Kier alpha value is -1.78. The van der Waals surface area contributed by atoms with E-state index in [0.29, 0.717) is 10.8 Å². The highest BCUT2D eigenvalue weighted by atomic mass is 35.5. The van der Waals surface area contributed by atoms with Gasteiger partial charge in [0.15, 0.2) is 0 Å². The Morgan fingerprint density at radius 2 is 1.80 bits per heavy atom. The molecule has 5 heteroatoms. The zero-order valence-electron chi connectivity index (χ0n) is 11.3. The van der Waals surface area contributed by atoms with Gasteiger partial charge in [-0.05, 0) is 43.7 Å². The number of furan rings is 1. The van der Waals surface area contributed by atoms with Gasteiger partial charge in [-0.2, -0.15) is 0 Å². The topological polar surface area (TPSA) is 62.5 Å². The predicted molar refractivity (Wildman–Crippen MR) is 77.1 cm³/mol. The van der Waals surface area contributed by atoms with Crippen molar-refractivity contribution in [3.05, 3.63) is 58.5 Å². The molecule has 1 aromatic carbocycles. The number of hydrogen-bond acceptors (Lipinski definition) is 3. The quantitative estimate of drug-likeness (QED) is 0.873.